The van der Waals surface area contributed by atoms with Crippen LogP contribution < -0.4 is 0 Å². The van der Waals surface area contributed by atoms with Gasteiger partial charge in [0.15, 0.2) is 0 Å². The van der Waals surface area contributed by atoms with Crippen LogP contribution in [0.15, 0.2) is 216 Å². The van der Waals surface area contributed by atoms with E-state index in [1.807, 2.05) is 0 Å². The lowest BCUT2D eigenvalue weighted by Crippen LogP contribution is -2.06. The SMILES string of the molecule is c1ccc(-c2cccc(-n3c4ccccc4c4cc(-c5ccc6c(c5)c5ccccc5n6-c5nc6c7c(cc(-c8ccccc8)cc7n5)Sc5ccccc5-6)ccc43)c2)cc1. The van der Waals surface area contributed by atoms with Gasteiger partial charge in [0.25, 0.3) is 0 Å². The first-order chi connectivity index (χ1) is 30.2. The fourth-order valence-corrected chi connectivity index (χ4v) is 10.7. The maximum Gasteiger partial charge on any atom is 0.235 e. The highest BCUT2D eigenvalue weighted by Crippen LogP contribution is 2.49. The minimum Gasteiger partial charge on any atom is -0.309 e. The minimum atomic E-state index is 0.671. The van der Waals surface area contributed by atoms with Gasteiger partial charge in [0.1, 0.15) is 0 Å². The van der Waals surface area contributed by atoms with Gasteiger partial charge in [-0.25, -0.2) is 9.97 Å². The Hall–Kier alpha value is -7.73. The third kappa shape index (κ3) is 5.34. The summed E-state index contributed by atoms with van der Waals surface area (Å²) in [5, 5.41) is 5.91. The summed E-state index contributed by atoms with van der Waals surface area (Å²) in [6.07, 6.45) is 0. The van der Waals surface area contributed by atoms with Crippen molar-refractivity contribution >= 4 is 66.3 Å². The third-order valence-corrected chi connectivity index (χ3v) is 13.4. The summed E-state index contributed by atoms with van der Waals surface area (Å²) in [5.74, 6) is 0.671. The first-order valence-electron chi connectivity index (χ1n) is 20.6. The zero-order valence-corrected chi connectivity index (χ0v) is 33.6. The Labute approximate surface area is 356 Å². The second kappa shape index (κ2) is 13.4. The number of hydrogen-bond acceptors (Lipinski definition) is 3. The Morgan fingerprint density at radius 2 is 0.902 bits per heavy atom. The van der Waals surface area contributed by atoms with Crippen LogP contribution in [0.25, 0.3) is 111 Å². The third-order valence-electron chi connectivity index (χ3n) is 12.3. The van der Waals surface area contributed by atoms with Crippen molar-refractivity contribution in [2.45, 2.75) is 9.79 Å². The van der Waals surface area contributed by atoms with Crippen molar-refractivity contribution < 1.29 is 0 Å². The van der Waals surface area contributed by atoms with Gasteiger partial charge in [0.2, 0.25) is 5.95 Å². The van der Waals surface area contributed by atoms with Gasteiger partial charge < -0.3 is 4.57 Å². The van der Waals surface area contributed by atoms with E-state index in [1.54, 1.807) is 11.8 Å². The number of nitrogens with zero attached hydrogens (tertiary/aromatic N) is 4. The van der Waals surface area contributed by atoms with Crippen LogP contribution in [0.4, 0.5) is 0 Å². The number of hydrogen-bond donors (Lipinski definition) is 0. The van der Waals surface area contributed by atoms with Gasteiger partial charge in [-0.3, -0.25) is 4.57 Å². The summed E-state index contributed by atoms with van der Waals surface area (Å²) in [4.78, 5) is 13.2. The molecule has 4 heterocycles. The molecule has 0 saturated heterocycles. The molecule has 1 aliphatic heterocycles. The van der Waals surface area contributed by atoms with Crippen molar-refractivity contribution in [2.75, 3.05) is 0 Å². The van der Waals surface area contributed by atoms with E-state index in [4.69, 9.17) is 9.97 Å². The predicted molar refractivity (Wildman–Crippen MR) is 254 cm³/mol. The topological polar surface area (TPSA) is 35.6 Å². The Morgan fingerprint density at radius 1 is 0.344 bits per heavy atom. The van der Waals surface area contributed by atoms with Crippen molar-refractivity contribution in [2.24, 2.45) is 0 Å². The lowest BCUT2D eigenvalue weighted by atomic mass is 10.0. The summed E-state index contributed by atoms with van der Waals surface area (Å²) in [6, 6.07) is 74.4. The summed E-state index contributed by atoms with van der Waals surface area (Å²) < 4.78 is 4.65. The molecule has 0 unspecified atom stereocenters. The van der Waals surface area contributed by atoms with E-state index >= 15 is 0 Å². The fourth-order valence-electron chi connectivity index (χ4n) is 9.51. The molecule has 0 amide bonds. The second-order valence-corrected chi connectivity index (χ2v) is 16.9. The molecule has 0 aliphatic carbocycles. The minimum absolute atomic E-state index is 0.671. The molecule has 284 valence electrons. The Bertz CT molecular complexity index is 3730. The summed E-state index contributed by atoms with van der Waals surface area (Å²) in [5.41, 5.74) is 15.8. The van der Waals surface area contributed by atoms with E-state index in [1.165, 1.54) is 64.6 Å². The molecular weight excluding hydrogens is 761 g/mol. The van der Waals surface area contributed by atoms with Crippen LogP contribution in [0.2, 0.25) is 0 Å². The van der Waals surface area contributed by atoms with Crippen LogP contribution in [0.1, 0.15) is 0 Å². The molecule has 9 aromatic carbocycles. The van der Waals surface area contributed by atoms with Crippen LogP contribution in [-0.4, -0.2) is 19.1 Å². The van der Waals surface area contributed by atoms with Gasteiger partial charge in [0.05, 0.1) is 33.3 Å². The lowest BCUT2D eigenvalue weighted by molar-refractivity contribution is 1.01. The van der Waals surface area contributed by atoms with Crippen LogP contribution in [0.3, 0.4) is 0 Å². The molecule has 0 radical (unpaired) electrons. The predicted octanol–water partition coefficient (Wildman–Crippen LogP) is 15.0. The molecule has 0 atom stereocenters. The molecule has 61 heavy (non-hydrogen) atoms. The number of aromatic nitrogens is 4. The van der Waals surface area contributed by atoms with Gasteiger partial charge >= 0.3 is 0 Å². The smallest absolute Gasteiger partial charge is 0.235 e. The molecule has 0 N–H and O–H groups in total. The van der Waals surface area contributed by atoms with Crippen molar-refractivity contribution in [3.8, 4) is 56.3 Å². The zero-order chi connectivity index (χ0) is 40.0. The Balaban J connectivity index is 0.984. The zero-order valence-electron chi connectivity index (χ0n) is 32.8. The molecule has 5 heteroatoms. The van der Waals surface area contributed by atoms with Crippen molar-refractivity contribution in [1.82, 2.24) is 19.1 Å². The average molecular weight is 795 g/mol. The standard InChI is InChI=1S/C56H34N4S/c1-3-14-35(15-4-1)37-18-13-19-41(30-37)59-48-23-10-7-20-42(48)45-31-38(26-28-50(45)59)39-27-29-51-46(32-39)43-21-8-11-24-49(43)60(51)56-57-47-33-40(36-16-5-2-6-17-36)34-53-54(47)55(58-56)44-22-9-12-25-52(44)61-53/h1-34H. The molecule has 1 aliphatic rings. The quantitative estimate of drug-likeness (QED) is 0.174. The van der Waals surface area contributed by atoms with Gasteiger partial charge in [-0.15, -0.1) is 0 Å². The van der Waals surface area contributed by atoms with E-state index in [2.05, 4.69) is 215 Å². The molecule has 0 bridgehead atoms. The molecule has 12 aromatic rings. The van der Waals surface area contributed by atoms with Crippen LogP contribution in [0.5, 0.6) is 0 Å². The Morgan fingerprint density at radius 3 is 1.62 bits per heavy atom. The highest BCUT2D eigenvalue weighted by Gasteiger charge is 2.25. The molecule has 0 saturated carbocycles. The average Bonchev–Trinajstić information content (AvgIpc) is 3.84. The monoisotopic (exact) mass is 794 g/mol. The first kappa shape index (κ1) is 34.2. The lowest BCUT2D eigenvalue weighted by Gasteiger charge is -2.21. The maximum absolute atomic E-state index is 5.45. The molecular formula is C56H34N4S. The van der Waals surface area contributed by atoms with Gasteiger partial charge in [-0.05, 0) is 100 Å². The summed E-state index contributed by atoms with van der Waals surface area (Å²) >= 11 is 1.80. The van der Waals surface area contributed by atoms with Crippen LogP contribution in [-0.2, 0) is 0 Å². The summed E-state index contributed by atoms with van der Waals surface area (Å²) in [7, 11) is 0. The van der Waals surface area contributed by atoms with Gasteiger partial charge in [0, 0.05) is 48.0 Å². The first-order valence-corrected chi connectivity index (χ1v) is 21.5. The second-order valence-electron chi connectivity index (χ2n) is 15.8. The highest BCUT2D eigenvalue weighted by atomic mass is 32.2. The number of benzene rings is 9. The van der Waals surface area contributed by atoms with E-state index in [0.717, 1.165) is 50.0 Å². The largest absolute Gasteiger partial charge is 0.309 e. The van der Waals surface area contributed by atoms with E-state index in [0.29, 0.717) is 5.95 Å². The molecule has 0 spiro atoms. The van der Waals surface area contributed by atoms with E-state index < -0.39 is 0 Å². The van der Waals surface area contributed by atoms with E-state index in [9.17, 15) is 0 Å². The van der Waals surface area contributed by atoms with Crippen molar-refractivity contribution in [1.29, 1.82) is 0 Å². The van der Waals surface area contributed by atoms with Crippen LogP contribution in [0, 0.1) is 0 Å². The van der Waals surface area contributed by atoms with Gasteiger partial charge in [-0.1, -0.05) is 151 Å². The highest BCUT2D eigenvalue weighted by molar-refractivity contribution is 7.99. The van der Waals surface area contributed by atoms with Gasteiger partial charge in [-0.2, -0.15) is 0 Å². The van der Waals surface area contributed by atoms with Crippen molar-refractivity contribution in [3.05, 3.63) is 206 Å². The van der Waals surface area contributed by atoms with Crippen molar-refractivity contribution in [3.63, 3.8) is 0 Å². The number of fused-ring (bicyclic) bond motifs is 8. The maximum atomic E-state index is 5.45. The Kier molecular flexibility index (Phi) is 7.50. The number of rotatable bonds is 5. The molecule has 13 rings (SSSR count). The normalized spacial score (nSPS) is 12.2. The fraction of sp³-hybridized carbons (Fsp3) is 0. The van der Waals surface area contributed by atoms with Crippen LogP contribution >= 0.6 is 11.8 Å². The molecule has 0 fully saturated rings. The summed E-state index contributed by atoms with van der Waals surface area (Å²) in [6.45, 7) is 0. The molecule has 4 nitrogen and oxygen atoms in total. The number of para-hydroxylation sites is 2. The van der Waals surface area contributed by atoms with E-state index in [-0.39, 0.29) is 0 Å². The molecule has 3 aromatic heterocycles.